The van der Waals surface area contributed by atoms with Crippen LogP contribution in [0.3, 0.4) is 0 Å². The molecule has 2 N–H and O–H groups in total. The Morgan fingerprint density at radius 3 is 2.55 bits per heavy atom. The minimum Gasteiger partial charge on any atom is -0.472 e. The maximum atomic E-state index is 10.9. The molecule has 3 rings (SSSR count). The van der Waals surface area contributed by atoms with E-state index in [4.69, 9.17) is 4.42 Å². The van der Waals surface area contributed by atoms with E-state index in [1.807, 2.05) is 6.07 Å². The topological polar surface area (TPSA) is 53.6 Å². The van der Waals surface area contributed by atoms with Crippen LogP contribution in [0.5, 0.6) is 0 Å². The summed E-state index contributed by atoms with van der Waals surface area (Å²) in [6, 6.07) is 1.90. The standard InChI is InChI=1S/C17H26O3/c1-13-10-17(19,15-4-9-20-12-15)8-7-16(13)5-2-14(11-18)3-6-16/h4,9,12-14,18-19H,2-3,5-8,10-11H2,1H3. The van der Waals surface area contributed by atoms with Crippen LogP contribution in [0.15, 0.2) is 23.0 Å². The molecule has 1 aromatic heterocycles. The van der Waals surface area contributed by atoms with Gasteiger partial charge in [-0.25, -0.2) is 0 Å². The van der Waals surface area contributed by atoms with Crippen molar-refractivity contribution in [1.82, 2.24) is 0 Å². The lowest BCUT2D eigenvalue weighted by Gasteiger charge is -2.51. The van der Waals surface area contributed by atoms with Crippen LogP contribution in [0.25, 0.3) is 0 Å². The quantitative estimate of drug-likeness (QED) is 0.871. The zero-order valence-electron chi connectivity index (χ0n) is 12.3. The van der Waals surface area contributed by atoms with Crippen molar-refractivity contribution < 1.29 is 14.6 Å². The average Bonchev–Trinajstić information content (AvgIpc) is 2.99. The van der Waals surface area contributed by atoms with Crippen LogP contribution < -0.4 is 0 Å². The largest absolute Gasteiger partial charge is 0.472 e. The second-order valence-electron chi connectivity index (χ2n) is 7.14. The molecule has 0 radical (unpaired) electrons. The predicted molar refractivity (Wildman–Crippen MR) is 77.1 cm³/mol. The van der Waals surface area contributed by atoms with Crippen molar-refractivity contribution in [2.24, 2.45) is 17.3 Å². The van der Waals surface area contributed by atoms with E-state index < -0.39 is 5.60 Å². The highest BCUT2D eigenvalue weighted by molar-refractivity contribution is 5.18. The molecular formula is C17H26O3. The van der Waals surface area contributed by atoms with Gasteiger partial charge in [-0.3, -0.25) is 0 Å². The first kappa shape index (κ1) is 14.2. The molecule has 3 heteroatoms. The SMILES string of the molecule is CC1CC(O)(c2ccoc2)CCC12CCC(CO)CC2. The molecule has 1 aromatic rings. The molecule has 0 amide bonds. The molecule has 0 aromatic carbocycles. The maximum Gasteiger partial charge on any atom is 0.0963 e. The third-order valence-electron chi connectivity index (χ3n) is 6.14. The fourth-order valence-electron chi connectivity index (χ4n) is 4.50. The first-order valence-corrected chi connectivity index (χ1v) is 7.94. The van der Waals surface area contributed by atoms with Gasteiger partial charge in [0.15, 0.2) is 0 Å². The Labute approximate surface area is 121 Å². The lowest BCUT2D eigenvalue weighted by molar-refractivity contribution is -0.0876. The molecule has 1 spiro atoms. The molecule has 2 aliphatic carbocycles. The van der Waals surface area contributed by atoms with Crippen LogP contribution in [0.4, 0.5) is 0 Å². The van der Waals surface area contributed by atoms with Crippen molar-refractivity contribution in [3.8, 4) is 0 Å². The van der Waals surface area contributed by atoms with Gasteiger partial charge in [0.05, 0.1) is 18.1 Å². The molecule has 2 unspecified atom stereocenters. The second-order valence-corrected chi connectivity index (χ2v) is 7.14. The Balaban J connectivity index is 1.71. The fraction of sp³-hybridized carbons (Fsp3) is 0.765. The molecule has 2 atom stereocenters. The van der Waals surface area contributed by atoms with Crippen molar-refractivity contribution in [2.45, 2.75) is 57.5 Å². The van der Waals surface area contributed by atoms with E-state index >= 15 is 0 Å². The van der Waals surface area contributed by atoms with Gasteiger partial charge < -0.3 is 14.6 Å². The zero-order valence-corrected chi connectivity index (χ0v) is 12.3. The third kappa shape index (κ3) is 2.31. The molecule has 0 aliphatic heterocycles. The summed E-state index contributed by atoms with van der Waals surface area (Å²) in [6.07, 6.45) is 10.8. The summed E-state index contributed by atoms with van der Waals surface area (Å²) in [7, 11) is 0. The highest BCUT2D eigenvalue weighted by Gasteiger charge is 2.48. The van der Waals surface area contributed by atoms with Crippen LogP contribution in [0.2, 0.25) is 0 Å². The van der Waals surface area contributed by atoms with Gasteiger partial charge in [-0.15, -0.1) is 0 Å². The minimum absolute atomic E-state index is 0.337. The van der Waals surface area contributed by atoms with Gasteiger partial charge >= 0.3 is 0 Å². The Kier molecular flexibility index (Phi) is 3.67. The molecule has 112 valence electrons. The summed E-state index contributed by atoms with van der Waals surface area (Å²) < 4.78 is 5.15. The van der Waals surface area contributed by atoms with Crippen molar-refractivity contribution in [3.05, 3.63) is 24.2 Å². The van der Waals surface area contributed by atoms with Gasteiger partial charge in [0, 0.05) is 12.2 Å². The van der Waals surface area contributed by atoms with E-state index in [0.29, 0.717) is 23.9 Å². The highest BCUT2D eigenvalue weighted by Crippen LogP contribution is 2.56. The lowest BCUT2D eigenvalue weighted by Crippen LogP contribution is -2.44. The van der Waals surface area contributed by atoms with Crippen LogP contribution in [-0.2, 0) is 5.60 Å². The molecule has 2 aliphatic rings. The van der Waals surface area contributed by atoms with E-state index in [2.05, 4.69) is 6.92 Å². The third-order valence-corrected chi connectivity index (χ3v) is 6.14. The maximum absolute atomic E-state index is 10.9. The molecule has 3 nitrogen and oxygen atoms in total. The number of rotatable bonds is 2. The van der Waals surface area contributed by atoms with E-state index in [1.54, 1.807) is 12.5 Å². The molecular weight excluding hydrogens is 252 g/mol. The number of aliphatic hydroxyl groups is 2. The lowest BCUT2D eigenvalue weighted by atomic mass is 9.55. The number of hydrogen-bond acceptors (Lipinski definition) is 3. The first-order chi connectivity index (χ1) is 9.58. The van der Waals surface area contributed by atoms with Gasteiger partial charge in [0.25, 0.3) is 0 Å². The van der Waals surface area contributed by atoms with Crippen molar-refractivity contribution in [1.29, 1.82) is 0 Å². The first-order valence-electron chi connectivity index (χ1n) is 7.94. The molecule has 2 saturated carbocycles. The number of furan rings is 1. The summed E-state index contributed by atoms with van der Waals surface area (Å²) in [5.74, 6) is 1.03. The second kappa shape index (κ2) is 5.19. The Bertz CT molecular complexity index is 431. The molecule has 1 heterocycles. The molecule has 0 bridgehead atoms. The predicted octanol–water partition coefficient (Wildman–Crippen LogP) is 3.46. The van der Waals surface area contributed by atoms with Gasteiger partial charge in [-0.2, -0.15) is 0 Å². The normalized spacial score (nSPS) is 42.0. The minimum atomic E-state index is -0.703. The van der Waals surface area contributed by atoms with Crippen molar-refractivity contribution in [2.75, 3.05) is 6.61 Å². The van der Waals surface area contributed by atoms with E-state index in [-0.39, 0.29) is 0 Å². The summed E-state index contributed by atoms with van der Waals surface area (Å²) in [6.45, 7) is 2.63. The van der Waals surface area contributed by atoms with E-state index in [9.17, 15) is 10.2 Å². The monoisotopic (exact) mass is 278 g/mol. The Hall–Kier alpha value is -0.800. The van der Waals surface area contributed by atoms with Gasteiger partial charge in [-0.1, -0.05) is 6.92 Å². The summed E-state index contributed by atoms with van der Waals surface area (Å²) in [5.41, 5.74) is 0.621. The zero-order chi connectivity index (χ0) is 14.2. The van der Waals surface area contributed by atoms with Gasteiger partial charge in [0.1, 0.15) is 0 Å². The smallest absolute Gasteiger partial charge is 0.0963 e. The number of aliphatic hydroxyl groups excluding tert-OH is 1. The van der Waals surface area contributed by atoms with Gasteiger partial charge in [0.2, 0.25) is 0 Å². The van der Waals surface area contributed by atoms with E-state index in [0.717, 1.165) is 37.7 Å². The Morgan fingerprint density at radius 2 is 2.00 bits per heavy atom. The van der Waals surface area contributed by atoms with Crippen LogP contribution >= 0.6 is 0 Å². The van der Waals surface area contributed by atoms with Crippen LogP contribution in [0, 0.1) is 17.3 Å². The summed E-state index contributed by atoms with van der Waals surface area (Å²) >= 11 is 0. The van der Waals surface area contributed by atoms with Crippen molar-refractivity contribution >= 4 is 0 Å². The fourth-order valence-corrected chi connectivity index (χ4v) is 4.50. The highest BCUT2D eigenvalue weighted by atomic mass is 16.3. The van der Waals surface area contributed by atoms with E-state index in [1.165, 1.54) is 12.8 Å². The Morgan fingerprint density at radius 1 is 1.25 bits per heavy atom. The van der Waals surface area contributed by atoms with Crippen LogP contribution in [0.1, 0.15) is 57.4 Å². The molecule has 20 heavy (non-hydrogen) atoms. The van der Waals surface area contributed by atoms with Crippen molar-refractivity contribution in [3.63, 3.8) is 0 Å². The van der Waals surface area contributed by atoms with Gasteiger partial charge in [-0.05, 0) is 68.3 Å². The number of hydrogen-bond donors (Lipinski definition) is 2. The molecule has 2 fully saturated rings. The molecule has 0 saturated heterocycles. The van der Waals surface area contributed by atoms with Crippen LogP contribution in [-0.4, -0.2) is 16.8 Å². The average molecular weight is 278 g/mol. The summed E-state index contributed by atoms with van der Waals surface area (Å²) in [4.78, 5) is 0. The summed E-state index contributed by atoms with van der Waals surface area (Å²) in [5, 5.41) is 20.2.